The number of isocyanates is 1. The average molecular weight is 462 g/mol. The molecule has 0 amide bonds. The summed E-state index contributed by atoms with van der Waals surface area (Å²) in [6, 6.07) is 8.73. The Labute approximate surface area is 165 Å². The number of rotatable bonds is 13. The zero-order chi connectivity index (χ0) is 19.3. The van der Waals surface area contributed by atoms with E-state index < -0.39 is 18.4 Å². The molecule has 144 valence electrons. The number of carbonyl (C=O) groups excluding carboxylic acids is 1. The summed E-state index contributed by atoms with van der Waals surface area (Å²) < 4.78 is 5.09. The van der Waals surface area contributed by atoms with Gasteiger partial charge in [0.15, 0.2) is 0 Å². The van der Waals surface area contributed by atoms with Gasteiger partial charge in [-0.25, -0.2) is 0 Å². The summed E-state index contributed by atoms with van der Waals surface area (Å²) in [4.78, 5) is 15.6. The predicted molar refractivity (Wildman–Crippen MR) is 117 cm³/mol. The van der Waals surface area contributed by atoms with Crippen LogP contribution < -0.4 is 0 Å². The topological polar surface area (TPSA) is 29.4 Å². The Morgan fingerprint density at radius 3 is 1.81 bits per heavy atom. The van der Waals surface area contributed by atoms with Gasteiger partial charge < -0.3 is 0 Å². The Morgan fingerprint density at radius 1 is 0.923 bits per heavy atom. The summed E-state index contributed by atoms with van der Waals surface area (Å²) in [5.74, 6) is 0. The molecular formula is C23H37NOSn. The van der Waals surface area contributed by atoms with Crippen LogP contribution in [0.2, 0.25) is 13.3 Å². The van der Waals surface area contributed by atoms with Crippen LogP contribution in [0.1, 0.15) is 77.3 Å². The van der Waals surface area contributed by atoms with Gasteiger partial charge in [-0.2, -0.15) is 0 Å². The van der Waals surface area contributed by atoms with Crippen LogP contribution in [0, 0.1) is 0 Å². The molecule has 3 heteroatoms. The molecule has 0 unspecified atom stereocenters. The van der Waals surface area contributed by atoms with Gasteiger partial charge in [-0.3, -0.25) is 0 Å². The summed E-state index contributed by atoms with van der Waals surface area (Å²) in [6.07, 6.45) is 12.7. The van der Waals surface area contributed by atoms with Crippen LogP contribution in [0.15, 0.2) is 33.0 Å². The zero-order valence-corrected chi connectivity index (χ0v) is 20.2. The van der Waals surface area contributed by atoms with Crippen LogP contribution in [0.3, 0.4) is 0 Å². The van der Waals surface area contributed by atoms with E-state index in [4.69, 9.17) is 0 Å². The van der Waals surface area contributed by atoms with E-state index in [2.05, 4.69) is 63.0 Å². The van der Waals surface area contributed by atoms with Gasteiger partial charge in [-0.15, -0.1) is 0 Å². The van der Waals surface area contributed by atoms with Gasteiger partial charge in [0.05, 0.1) is 0 Å². The maximum atomic E-state index is 11.3. The minimum atomic E-state index is -2.70. The second-order valence-electron chi connectivity index (χ2n) is 7.42. The first-order valence-electron chi connectivity index (χ1n) is 10.5. The van der Waals surface area contributed by atoms with Crippen LogP contribution in [-0.4, -0.2) is 24.5 Å². The molecule has 0 fully saturated rings. The summed E-state index contributed by atoms with van der Waals surface area (Å²) in [7, 11) is 0. The molecule has 0 atom stereocenters. The third-order valence-corrected chi connectivity index (χ3v) is 20.5. The van der Waals surface area contributed by atoms with Crippen molar-refractivity contribution in [3.63, 3.8) is 0 Å². The monoisotopic (exact) mass is 463 g/mol. The quantitative estimate of drug-likeness (QED) is 0.172. The molecule has 1 rings (SSSR count). The van der Waals surface area contributed by atoms with E-state index in [1.165, 1.54) is 63.0 Å². The predicted octanol–water partition coefficient (Wildman–Crippen LogP) is 7.31. The first-order chi connectivity index (χ1) is 12.7. The van der Waals surface area contributed by atoms with E-state index in [1.807, 2.05) is 6.08 Å². The number of nitrogens with zero attached hydrogens (tertiary/aromatic N) is 1. The van der Waals surface area contributed by atoms with Crippen molar-refractivity contribution >= 4 is 30.5 Å². The fourth-order valence-corrected chi connectivity index (χ4v) is 19.0. The van der Waals surface area contributed by atoms with Gasteiger partial charge in [0, 0.05) is 0 Å². The summed E-state index contributed by atoms with van der Waals surface area (Å²) in [6.45, 7) is 8.99. The molecule has 0 N–H and O–H groups in total. The van der Waals surface area contributed by atoms with Gasteiger partial charge in [0.1, 0.15) is 0 Å². The molecule has 1 aromatic rings. The average Bonchev–Trinajstić information content (AvgIpc) is 2.68. The molecule has 1 aromatic carbocycles. The molecule has 0 aliphatic rings. The number of benzene rings is 1. The van der Waals surface area contributed by atoms with E-state index >= 15 is 0 Å². The molecule has 0 saturated heterocycles. The minimum absolute atomic E-state index is 1.05. The second-order valence-corrected chi connectivity index (χ2v) is 20.5. The molecule has 0 radical (unpaired) electrons. The Kier molecular flexibility index (Phi) is 11.9. The molecule has 0 spiro atoms. The van der Waals surface area contributed by atoms with Crippen LogP contribution in [0.25, 0.3) is 6.08 Å². The fourth-order valence-electron chi connectivity index (χ4n) is 3.67. The molecule has 0 aliphatic carbocycles. The van der Waals surface area contributed by atoms with Crippen LogP contribution in [0.5, 0.6) is 0 Å². The van der Waals surface area contributed by atoms with E-state index in [0.717, 1.165) is 10.1 Å². The summed E-state index contributed by atoms with van der Waals surface area (Å²) in [5.41, 5.74) is 2.53. The third kappa shape index (κ3) is 7.40. The number of aliphatic imine (C=N–C) groups is 1. The Hall–Kier alpha value is -0.861. The third-order valence-electron chi connectivity index (χ3n) is 5.43. The zero-order valence-electron chi connectivity index (χ0n) is 17.3. The van der Waals surface area contributed by atoms with Crippen LogP contribution in [0.4, 0.5) is 0 Å². The molecule has 26 heavy (non-hydrogen) atoms. The molecule has 0 saturated carbocycles. The summed E-state index contributed by atoms with van der Waals surface area (Å²) >= 11 is -2.70. The first kappa shape index (κ1) is 23.2. The van der Waals surface area contributed by atoms with Gasteiger partial charge in [0.2, 0.25) is 0 Å². The van der Waals surface area contributed by atoms with E-state index in [-0.39, 0.29) is 0 Å². The Morgan fingerprint density at radius 2 is 1.42 bits per heavy atom. The fraction of sp³-hybridized carbons (Fsp3) is 0.609. The van der Waals surface area contributed by atoms with Crippen molar-refractivity contribution in [2.24, 2.45) is 4.99 Å². The van der Waals surface area contributed by atoms with Crippen molar-refractivity contribution in [3.8, 4) is 0 Å². The van der Waals surface area contributed by atoms with Gasteiger partial charge in [-0.05, 0) is 0 Å². The van der Waals surface area contributed by atoms with Crippen molar-refractivity contribution in [2.75, 3.05) is 0 Å². The van der Waals surface area contributed by atoms with Crippen molar-refractivity contribution in [2.45, 2.75) is 86.0 Å². The molecule has 2 nitrogen and oxygen atoms in total. The van der Waals surface area contributed by atoms with E-state index in [9.17, 15) is 4.79 Å². The van der Waals surface area contributed by atoms with E-state index in [1.54, 1.807) is 0 Å². The van der Waals surface area contributed by atoms with Crippen molar-refractivity contribution < 1.29 is 4.79 Å². The molecule has 0 aromatic heterocycles. The van der Waals surface area contributed by atoms with Crippen molar-refractivity contribution in [1.82, 2.24) is 0 Å². The summed E-state index contributed by atoms with van der Waals surface area (Å²) in [5, 5.41) is 0. The van der Waals surface area contributed by atoms with Gasteiger partial charge in [0.25, 0.3) is 0 Å². The van der Waals surface area contributed by atoms with Crippen LogP contribution >= 0.6 is 0 Å². The first-order valence-corrected chi connectivity index (χ1v) is 18.0. The normalized spacial score (nSPS) is 12.1. The standard InChI is InChI=1S/C11H10NO.3C4H9.Sn/c1-2-10-3-5-11(6-4-10)7-8-12-9-13;3*1-3-4-2;/h3-7H,2H2,1H3;3*1,3-4H2,2H3;. The molecule has 0 heterocycles. The van der Waals surface area contributed by atoms with E-state index in [0.29, 0.717) is 0 Å². The Bertz CT molecular complexity index is 563. The number of hydrogen-bond donors (Lipinski definition) is 0. The van der Waals surface area contributed by atoms with Gasteiger partial charge >= 0.3 is 165 Å². The van der Waals surface area contributed by atoms with Crippen molar-refractivity contribution in [1.29, 1.82) is 0 Å². The number of hydrogen-bond acceptors (Lipinski definition) is 2. The number of unbranched alkanes of at least 4 members (excludes halogenated alkanes) is 3. The maximum absolute atomic E-state index is 11.3. The molecule has 0 aliphatic heterocycles. The number of aryl methyl sites for hydroxylation is 1. The second kappa shape index (κ2) is 13.3. The van der Waals surface area contributed by atoms with Gasteiger partial charge in [-0.1, -0.05) is 0 Å². The Balaban J connectivity index is 3.33. The van der Waals surface area contributed by atoms with Crippen molar-refractivity contribution in [3.05, 3.63) is 39.1 Å². The SMILES string of the molecule is CCC[CH2][Sn]([CH2]CCC)([CH2]CCC)/[C](=C/c1ccc(CC)cc1)N=C=O. The van der Waals surface area contributed by atoms with Crippen LogP contribution in [-0.2, 0) is 11.2 Å². The molecule has 0 bridgehead atoms. The molecular weight excluding hydrogens is 425 g/mol.